The molecule has 170 valence electrons. The highest BCUT2D eigenvalue weighted by atomic mass is 16.5. The third kappa shape index (κ3) is 3.80. The Morgan fingerprint density at radius 3 is 2.64 bits per heavy atom. The summed E-state index contributed by atoms with van der Waals surface area (Å²) in [6, 6.07) is 23.9. The zero-order valence-corrected chi connectivity index (χ0v) is 18.9. The maximum absolute atomic E-state index is 13.4. The summed E-state index contributed by atoms with van der Waals surface area (Å²) in [6.45, 7) is 0.702. The molecule has 5 rings (SSSR count). The minimum absolute atomic E-state index is 0.0281. The minimum atomic E-state index is -0.131. The van der Waals surface area contributed by atoms with Crippen LogP contribution in [0.2, 0.25) is 0 Å². The fourth-order valence-electron chi connectivity index (χ4n) is 5.39. The molecule has 6 nitrogen and oxygen atoms in total. The van der Waals surface area contributed by atoms with Crippen molar-refractivity contribution >= 4 is 17.4 Å². The number of aliphatic hydroxyl groups is 1. The number of hydrogen-bond acceptors (Lipinski definition) is 4. The van der Waals surface area contributed by atoms with E-state index in [4.69, 9.17) is 4.74 Å². The summed E-state index contributed by atoms with van der Waals surface area (Å²) in [4.78, 5) is 17.5. The van der Waals surface area contributed by atoms with E-state index in [0.717, 1.165) is 28.8 Å². The lowest BCUT2D eigenvalue weighted by molar-refractivity contribution is 0.168. The van der Waals surface area contributed by atoms with E-state index in [9.17, 15) is 9.90 Å². The van der Waals surface area contributed by atoms with E-state index < -0.39 is 0 Å². The third-order valence-electron chi connectivity index (χ3n) is 7.04. The fraction of sp³-hybridized carbons (Fsp3) is 0.296. The quantitative estimate of drug-likeness (QED) is 0.610. The van der Waals surface area contributed by atoms with E-state index >= 15 is 0 Å². The number of carbonyl (C=O) groups excluding carboxylic acids is 1. The molecule has 2 aliphatic rings. The zero-order valence-electron chi connectivity index (χ0n) is 18.9. The highest BCUT2D eigenvalue weighted by molar-refractivity contribution is 5.90. The van der Waals surface area contributed by atoms with E-state index in [1.54, 1.807) is 7.11 Å². The van der Waals surface area contributed by atoms with Crippen LogP contribution in [0.25, 0.3) is 11.1 Å². The number of ether oxygens (including phenoxy) is 1. The van der Waals surface area contributed by atoms with Crippen molar-refractivity contribution in [2.75, 3.05) is 37.5 Å². The molecule has 0 aliphatic carbocycles. The van der Waals surface area contributed by atoms with Crippen LogP contribution in [0.15, 0.2) is 72.8 Å². The molecule has 1 fully saturated rings. The fourth-order valence-corrected chi connectivity index (χ4v) is 5.39. The van der Waals surface area contributed by atoms with Crippen LogP contribution in [0.4, 0.5) is 16.2 Å². The average molecular weight is 444 g/mol. The van der Waals surface area contributed by atoms with Crippen LogP contribution in [0.5, 0.6) is 5.75 Å². The first-order chi connectivity index (χ1) is 16.1. The maximum atomic E-state index is 13.4. The molecular formula is C27H29N3O3. The van der Waals surface area contributed by atoms with Crippen molar-refractivity contribution in [2.24, 2.45) is 5.92 Å². The number of nitrogens with zero attached hydrogens (tertiary/aromatic N) is 2. The minimum Gasteiger partial charge on any atom is -0.497 e. The first-order valence-electron chi connectivity index (χ1n) is 11.4. The van der Waals surface area contributed by atoms with Crippen molar-refractivity contribution in [1.82, 2.24) is 4.90 Å². The number of carbonyl (C=O) groups is 1. The lowest BCUT2D eigenvalue weighted by Gasteiger charge is -2.44. The number of likely N-dealkylation sites (tertiary alicyclic amines) is 1. The standard InChI is InChI=1S/C27H29N3O3/c1-29-24-12-11-19(18-7-4-3-5-8-18)15-23(24)26-22(25(29)17-31)13-14-30(26)27(32)28-20-9-6-10-21(16-20)33-2/h3-12,15-16,22,25-26,31H,13-14,17H2,1-2H3,(H,28,32)/t22-,25-,26-/m1/s1. The molecule has 2 aliphatic heterocycles. The first kappa shape index (κ1) is 21.3. The lowest BCUT2D eigenvalue weighted by Crippen LogP contribution is -2.48. The largest absolute Gasteiger partial charge is 0.497 e. The van der Waals surface area contributed by atoms with Crippen LogP contribution in [-0.2, 0) is 0 Å². The number of rotatable bonds is 4. The summed E-state index contributed by atoms with van der Waals surface area (Å²) in [5.41, 5.74) is 5.17. The molecule has 0 bridgehead atoms. The van der Waals surface area contributed by atoms with Gasteiger partial charge in [0.05, 0.1) is 25.8 Å². The van der Waals surface area contributed by atoms with Crippen LogP contribution in [0.3, 0.4) is 0 Å². The van der Waals surface area contributed by atoms with Crippen molar-refractivity contribution in [3.63, 3.8) is 0 Å². The second-order valence-corrected chi connectivity index (χ2v) is 8.75. The maximum Gasteiger partial charge on any atom is 0.322 e. The van der Waals surface area contributed by atoms with Gasteiger partial charge in [0.1, 0.15) is 5.75 Å². The summed E-state index contributed by atoms with van der Waals surface area (Å²) < 4.78 is 5.29. The summed E-state index contributed by atoms with van der Waals surface area (Å²) in [5, 5.41) is 13.3. The van der Waals surface area contributed by atoms with Crippen LogP contribution in [0, 0.1) is 5.92 Å². The number of aliphatic hydroxyl groups excluding tert-OH is 1. The van der Waals surface area contributed by atoms with Gasteiger partial charge in [-0.2, -0.15) is 0 Å². The van der Waals surface area contributed by atoms with Gasteiger partial charge < -0.3 is 25.0 Å². The van der Waals surface area contributed by atoms with Gasteiger partial charge in [-0.15, -0.1) is 0 Å². The molecule has 0 aromatic heterocycles. The van der Waals surface area contributed by atoms with Crippen LogP contribution in [-0.4, -0.2) is 49.4 Å². The van der Waals surface area contributed by atoms with Gasteiger partial charge in [0.2, 0.25) is 0 Å². The Labute approximate surface area is 194 Å². The molecule has 2 heterocycles. The van der Waals surface area contributed by atoms with Crippen LogP contribution >= 0.6 is 0 Å². The molecule has 33 heavy (non-hydrogen) atoms. The normalized spacial score (nSPS) is 21.4. The predicted octanol–water partition coefficient (Wildman–Crippen LogP) is 4.77. The smallest absolute Gasteiger partial charge is 0.322 e. The second kappa shape index (κ2) is 8.79. The number of nitrogens with one attached hydrogen (secondary N) is 1. The van der Waals surface area contributed by atoms with Gasteiger partial charge in [-0.3, -0.25) is 0 Å². The van der Waals surface area contributed by atoms with Crippen molar-refractivity contribution in [3.8, 4) is 16.9 Å². The molecule has 0 spiro atoms. The topological polar surface area (TPSA) is 65.0 Å². The number of methoxy groups -OCH3 is 1. The van der Waals surface area contributed by atoms with Gasteiger partial charge in [-0.05, 0) is 47.4 Å². The van der Waals surface area contributed by atoms with Gasteiger partial charge >= 0.3 is 6.03 Å². The lowest BCUT2D eigenvalue weighted by atomic mass is 9.81. The molecule has 2 amide bonds. The SMILES string of the molecule is COc1cccc(NC(=O)N2CC[C@@H]3[C@@H](CO)N(C)c4ccc(-c5ccccc5)cc4[C@@H]32)c1. The Bertz CT molecular complexity index is 1150. The highest BCUT2D eigenvalue weighted by Gasteiger charge is 2.47. The Morgan fingerprint density at radius 2 is 1.88 bits per heavy atom. The van der Waals surface area contributed by atoms with Gasteiger partial charge in [0.15, 0.2) is 0 Å². The Balaban J connectivity index is 1.52. The summed E-state index contributed by atoms with van der Waals surface area (Å²) in [7, 11) is 3.65. The molecule has 2 N–H and O–H groups in total. The number of amides is 2. The van der Waals surface area contributed by atoms with Crippen molar-refractivity contribution in [3.05, 3.63) is 78.4 Å². The van der Waals surface area contributed by atoms with Gasteiger partial charge in [-0.1, -0.05) is 42.5 Å². The van der Waals surface area contributed by atoms with E-state index in [-0.39, 0.29) is 30.6 Å². The number of benzene rings is 3. The molecule has 1 saturated heterocycles. The molecule has 0 radical (unpaired) electrons. The first-order valence-corrected chi connectivity index (χ1v) is 11.4. The van der Waals surface area contributed by atoms with Gasteiger partial charge in [0.25, 0.3) is 0 Å². The number of likely N-dealkylation sites (N-methyl/N-ethyl adjacent to an activating group) is 1. The Morgan fingerprint density at radius 1 is 1.06 bits per heavy atom. The molecule has 3 aromatic carbocycles. The Kier molecular flexibility index (Phi) is 5.68. The molecule has 0 saturated carbocycles. The Hall–Kier alpha value is -3.51. The van der Waals surface area contributed by atoms with Gasteiger partial charge in [0, 0.05) is 37.0 Å². The molecule has 3 atom stereocenters. The van der Waals surface area contributed by atoms with Crippen molar-refractivity contribution < 1.29 is 14.6 Å². The third-order valence-corrected chi connectivity index (χ3v) is 7.04. The predicted molar refractivity (Wildman–Crippen MR) is 131 cm³/mol. The number of urea groups is 1. The van der Waals surface area contributed by atoms with E-state index in [1.165, 1.54) is 0 Å². The summed E-state index contributed by atoms with van der Waals surface area (Å²) >= 11 is 0. The number of fused-ring (bicyclic) bond motifs is 3. The molecule has 3 aromatic rings. The average Bonchev–Trinajstić information content (AvgIpc) is 3.30. The van der Waals surface area contributed by atoms with E-state index in [1.807, 2.05) is 54.4 Å². The molecular weight excluding hydrogens is 414 g/mol. The molecule has 0 unspecified atom stereocenters. The second-order valence-electron chi connectivity index (χ2n) is 8.75. The van der Waals surface area contributed by atoms with Crippen molar-refractivity contribution in [1.29, 1.82) is 0 Å². The highest BCUT2D eigenvalue weighted by Crippen LogP contribution is 2.49. The van der Waals surface area contributed by atoms with Crippen LogP contribution in [0.1, 0.15) is 18.0 Å². The van der Waals surface area contributed by atoms with Crippen molar-refractivity contribution in [2.45, 2.75) is 18.5 Å². The summed E-state index contributed by atoms with van der Waals surface area (Å²) in [6.07, 6.45) is 0.848. The monoisotopic (exact) mass is 443 g/mol. The van der Waals surface area contributed by atoms with Gasteiger partial charge in [-0.25, -0.2) is 4.79 Å². The number of hydrogen-bond donors (Lipinski definition) is 2. The molecule has 6 heteroatoms. The number of anilines is 2. The van der Waals surface area contributed by atoms with E-state index in [2.05, 4.69) is 40.5 Å². The zero-order chi connectivity index (χ0) is 22.9. The summed E-state index contributed by atoms with van der Waals surface area (Å²) in [5.74, 6) is 0.860. The van der Waals surface area contributed by atoms with Crippen LogP contribution < -0.4 is 15.0 Å². The van der Waals surface area contributed by atoms with E-state index in [0.29, 0.717) is 18.0 Å².